The maximum absolute atomic E-state index is 4.01. The smallest absolute Gasteiger partial charge is 0.174 e. The number of hydrogen-bond donors (Lipinski definition) is 0. The molecule has 0 radical (unpaired) electrons. The van der Waals surface area contributed by atoms with Crippen LogP contribution in [0.3, 0.4) is 0 Å². The van der Waals surface area contributed by atoms with E-state index in [9.17, 15) is 0 Å². The first-order valence-corrected chi connectivity index (χ1v) is 5.27. The summed E-state index contributed by atoms with van der Waals surface area (Å²) in [4.78, 5) is 0. The van der Waals surface area contributed by atoms with Gasteiger partial charge in [0.1, 0.15) is 6.33 Å². The highest BCUT2D eigenvalue weighted by Gasteiger charge is 2.16. The topological polar surface area (TPSA) is 30.2 Å². The van der Waals surface area contributed by atoms with Gasteiger partial charge >= 0.3 is 0 Å². The van der Waals surface area contributed by atoms with E-state index in [0.717, 1.165) is 10.1 Å². The van der Waals surface area contributed by atoms with Crippen molar-refractivity contribution in [3.8, 4) is 0 Å². The SMILES string of the molecule is CC(C)(C)c1cc(Br)c2nncn2c1. The van der Waals surface area contributed by atoms with Crippen molar-refractivity contribution in [2.24, 2.45) is 0 Å². The van der Waals surface area contributed by atoms with Crippen LogP contribution in [-0.4, -0.2) is 14.6 Å². The fourth-order valence-corrected chi connectivity index (χ4v) is 1.84. The van der Waals surface area contributed by atoms with Crippen molar-refractivity contribution in [1.82, 2.24) is 14.6 Å². The lowest BCUT2D eigenvalue weighted by Crippen LogP contribution is -2.12. The van der Waals surface area contributed by atoms with Crippen molar-refractivity contribution in [3.63, 3.8) is 0 Å². The van der Waals surface area contributed by atoms with Crippen molar-refractivity contribution < 1.29 is 0 Å². The van der Waals surface area contributed by atoms with Crippen LogP contribution in [0.25, 0.3) is 5.65 Å². The minimum Gasteiger partial charge on any atom is -0.288 e. The zero-order valence-electron chi connectivity index (χ0n) is 8.45. The Labute approximate surface area is 91.3 Å². The number of rotatable bonds is 0. The van der Waals surface area contributed by atoms with Crippen molar-refractivity contribution >= 4 is 21.6 Å². The fourth-order valence-electron chi connectivity index (χ4n) is 1.31. The van der Waals surface area contributed by atoms with Crippen LogP contribution < -0.4 is 0 Å². The molecule has 2 heterocycles. The van der Waals surface area contributed by atoms with E-state index < -0.39 is 0 Å². The summed E-state index contributed by atoms with van der Waals surface area (Å²) in [6, 6.07) is 2.10. The van der Waals surface area contributed by atoms with Gasteiger partial charge in [0.15, 0.2) is 5.65 Å². The molecule has 0 unspecified atom stereocenters. The van der Waals surface area contributed by atoms with E-state index in [1.807, 2.05) is 4.40 Å². The molecule has 4 heteroatoms. The maximum Gasteiger partial charge on any atom is 0.174 e. The average Bonchev–Trinajstić information content (AvgIpc) is 2.50. The minimum atomic E-state index is 0.140. The first-order valence-electron chi connectivity index (χ1n) is 4.48. The first-order chi connectivity index (χ1) is 6.48. The molecular weight excluding hydrogens is 242 g/mol. The summed E-state index contributed by atoms with van der Waals surface area (Å²) in [5.74, 6) is 0. The summed E-state index contributed by atoms with van der Waals surface area (Å²) in [6.45, 7) is 6.56. The third-order valence-corrected chi connectivity index (χ3v) is 2.80. The Bertz CT molecular complexity index is 468. The van der Waals surface area contributed by atoms with Gasteiger partial charge in [-0.05, 0) is 33.0 Å². The van der Waals surface area contributed by atoms with Gasteiger partial charge in [0.2, 0.25) is 0 Å². The monoisotopic (exact) mass is 253 g/mol. The lowest BCUT2D eigenvalue weighted by Gasteiger charge is -2.19. The molecule has 2 rings (SSSR count). The molecule has 0 aliphatic rings. The van der Waals surface area contributed by atoms with Gasteiger partial charge in [0.25, 0.3) is 0 Å². The number of halogens is 1. The Morgan fingerprint density at radius 1 is 1.36 bits per heavy atom. The summed E-state index contributed by atoms with van der Waals surface area (Å²) in [6.07, 6.45) is 3.79. The van der Waals surface area contributed by atoms with E-state index in [1.165, 1.54) is 5.56 Å². The Morgan fingerprint density at radius 2 is 2.07 bits per heavy atom. The molecule has 2 aromatic rings. The largest absolute Gasteiger partial charge is 0.288 e. The quantitative estimate of drug-likeness (QED) is 0.723. The van der Waals surface area contributed by atoms with Gasteiger partial charge in [0.05, 0.1) is 4.47 Å². The second kappa shape index (κ2) is 3.05. The van der Waals surface area contributed by atoms with Gasteiger partial charge in [-0.2, -0.15) is 0 Å². The van der Waals surface area contributed by atoms with Crippen molar-refractivity contribution in [1.29, 1.82) is 0 Å². The molecule has 14 heavy (non-hydrogen) atoms. The fraction of sp³-hybridized carbons (Fsp3) is 0.400. The number of aromatic nitrogens is 3. The molecule has 0 atom stereocenters. The molecule has 2 aromatic heterocycles. The Hall–Kier alpha value is -0.900. The third-order valence-electron chi connectivity index (χ3n) is 2.21. The highest BCUT2D eigenvalue weighted by Crippen LogP contribution is 2.26. The highest BCUT2D eigenvalue weighted by atomic mass is 79.9. The standard InChI is InChI=1S/C10H12BrN3/c1-10(2,3)7-4-8(11)9-13-12-6-14(9)5-7/h4-6H,1-3H3. The van der Waals surface area contributed by atoms with Crippen molar-refractivity contribution in [2.45, 2.75) is 26.2 Å². The molecule has 0 saturated carbocycles. The number of hydrogen-bond acceptors (Lipinski definition) is 2. The Balaban J connectivity index is 2.70. The molecule has 0 aliphatic heterocycles. The van der Waals surface area contributed by atoms with Gasteiger partial charge in [0, 0.05) is 6.20 Å². The summed E-state index contributed by atoms with van der Waals surface area (Å²) < 4.78 is 2.92. The molecule has 0 bridgehead atoms. The lowest BCUT2D eigenvalue weighted by molar-refractivity contribution is 0.586. The average molecular weight is 254 g/mol. The van der Waals surface area contributed by atoms with Crippen LogP contribution in [0.2, 0.25) is 0 Å². The van der Waals surface area contributed by atoms with Gasteiger partial charge in [-0.15, -0.1) is 10.2 Å². The lowest BCUT2D eigenvalue weighted by atomic mass is 9.88. The van der Waals surface area contributed by atoms with Gasteiger partial charge in [-0.25, -0.2) is 0 Å². The summed E-state index contributed by atoms with van der Waals surface area (Å²) >= 11 is 3.50. The minimum absolute atomic E-state index is 0.140. The van der Waals surface area contributed by atoms with Crippen LogP contribution in [0.15, 0.2) is 23.1 Å². The van der Waals surface area contributed by atoms with Crippen LogP contribution in [0.1, 0.15) is 26.3 Å². The van der Waals surface area contributed by atoms with Crippen LogP contribution in [-0.2, 0) is 5.41 Å². The molecule has 3 nitrogen and oxygen atoms in total. The van der Waals surface area contributed by atoms with Crippen LogP contribution in [0.4, 0.5) is 0 Å². The molecule has 0 saturated heterocycles. The normalized spacial score (nSPS) is 12.3. The number of nitrogens with zero attached hydrogens (tertiary/aromatic N) is 3. The molecule has 0 N–H and O–H groups in total. The molecular formula is C10H12BrN3. The van der Waals surface area contributed by atoms with E-state index in [0.29, 0.717) is 0 Å². The number of fused-ring (bicyclic) bond motifs is 1. The second-order valence-electron chi connectivity index (χ2n) is 4.39. The van der Waals surface area contributed by atoms with Gasteiger partial charge in [-0.3, -0.25) is 4.40 Å². The van der Waals surface area contributed by atoms with Crippen molar-refractivity contribution in [2.75, 3.05) is 0 Å². The number of pyridine rings is 1. The van der Waals surface area contributed by atoms with E-state index in [-0.39, 0.29) is 5.41 Å². The van der Waals surface area contributed by atoms with Gasteiger partial charge in [-0.1, -0.05) is 20.8 Å². The predicted octanol–water partition coefficient (Wildman–Crippen LogP) is 2.79. The van der Waals surface area contributed by atoms with E-state index in [2.05, 4.69) is 59.2 Å². The van der Waals surface area contributed by atoms with Crippen LogP contribution >= 0.6 is 15.9 Å². The van der Waals surface area contributed by atoms with E-state index >= 15 is 0 Å². The molecule has 0 aromatic carbocycles. The summed E-state index contributed by atoms with van der Waals surface area (Å²) in [5, 5.41) is 7.88. The second-order valence-corrected chi connectivity index (χ2v) is 5.24. The third kappa shape index (κ3) is 1.54. The molecule has 74 valence electrons. The highest BCUT2D eigenvalue weighted by molar-refractivity contribution is 9.10. The first kappa shape index (κ1) is 9.65. The van der Waals surface area contributed by atoms with Crippen molar-refractivity contribution in [3.05, 3.63) is 28.6 Å². The molecule has 0 aliphatic carbocycles. The summed E-state index contributed by atoms with van der Waals surface area (Å²) in [5.41, 5.74) is 2.26. The zero-order valence-corrected chi connectivity index (χ0v) is 10.0. The Morgan fingerprint density at radius 3 is 2.71 bits per heavy atom. The summed E-state index contributed by atoms with van der Waals surface area (Å²) in [7, 11) is 0. The Kier molecular flexibility index (Phi) is 2.10. The molecule has 0 fully saturated rings. The van der Waals surface area contributed by atoms with Crippen LogP contribution in [0, 0.1) is 0 Å². The maximum atomic E-state index is 4.01. The van der Waals surface area contributed by atoms with Crippen LogP contribution in [0.5, 0.6) is 0 Å². The van der Waals surface area contributed by atoms with E-state index in [1.54, 1.807) is 6.33 Å². The molecule has 0 spiro atoms. The predicted molar refractivity (Wildman–Crippen MR) is 59.4 cm³/mol. The zero-order chi connectivity index (χ0) is 10.3. The van der Waals surface area contributed by atoms with E-state index in [4.69, 9.17) is 0 Å². The molecule has 0 amide bonds. The van der Waals surface area contributed by atoms with Gasteiger partial charge < -0.3 is 0 Å².